The van der Waals surface area contributed by atoms with Crippen molar-refractivity contribution in [3.63, 3.8) is 0 Å². The maximum atomic E-state index is 13.5. The van der Waals surface area contributed by atoms with E-state index in [-0.39, 0.29) is 16.5 Å². The van der Waals surface area contributed by atoms with Gasteiger partial charge in [0.2, 0.25) is 0 Å². The predicted molar refractivity (Wildman–Crippen MR) is 66.1 cm³/mol. The summed E-state index contributed by atoms with van der Waals surface area (Å²) in [4.78, 5) is 11.7. The Balaban J connectivity index is 1.95. The highest BCUT2D eigenvalue weighted by Gasteiger charge is 2.25. The molecular formula is C12H14ClFN2O2. The first-order valence-corrected chi connectivity index (χ1v) is 6.08. The van der Waals surface area contributed by atoms with Crippen LogP contribution < -0.4 is 10.6 Å². The number of benzene rings is 1. The summed E-state index contributed by atoms with van der Waals surface area (Å²) in [5, 5.41) is 15.4. The lowest BCUT2D eigenvalue weighted by molar-refractivity contribution is 0.0923. The SMILES string of the molecule is O=C(NCC1CNCC1O)c1ccc(Cl)cc1F. The average Bonchev–Trinajstić information content (AvgIpc) is 2.72. The smallest absolute Gasteiger partial charge is 0.254 e. The summed E-state index contributed by atoms with van der Waals surface area (Å²) in [5.74, 6) is -1.18. The molecule has 0 saturated carbocycles. The first kappa shape index (κ1) is 13.3. The van der Waals surface area contributed by atoms with Gasteiger partial charge < -0.3 is 15.7 Å². The van der Waals surface area contributed by atoms with Crippen molar-refractivity contribution in [3.05, 3.63) is 34.6 Å². The Labute approximate surface area is 109 Å². The Morgan fingerprint density at radius 2 is 2.33 bits per heavy atom. The summed E-state index contributed by atoms with van der Waals surface area (Å²) >= 11 is 5.61. The Bertz CT molecular complexity index is 456. The lowest BCUT2D eigenvalue weighted by Crippen LogP contribution is -2.34. The molecule has 2 atom stereocenters. The van der Waals surface area contributed by atoms with E-state index in [4.69, 9.17) is 11.6 Å². The van der Waals surface area contributed by atoms with Crippen molar-refractivity contribution in [2.24, 2.45) is 5.92 Å². The fraction of sp³-hybridized carbons (Fsp3) is 0.417. The van der Waals surface area contributed by atoms with Crippen molar-refractivity contribution in [1.82, 2.24) is 10.6 Å². The van der Waals surface area contributed by atoms with Gasteiger partial charge in [0.25, 0.3) is 5.91 Å². The lowest BCUT2D eigenvalue weighted by Gasteiger charge is -2.14. The van der Waals surface area contributed by atoms with Crippen LogP contribution in [-0.2, 0) is 0 Å². The summed E-state index contributed by atoms with van der Waals surface area (Å²) < 4.78 is 13.5. The summed E-state index contributed by atoms with van der Waals surface area (Å²) in [6, 6.07) is 3.91. The molecule has 4 nitrogen and oxygen atoms in total. The van der Waals surface area contributed by atoms with E-state index in [9.17, 15) is 14.3 Å². The van der Waals surface area contributed by atoms with Gasteiger partial charge in [0.15, 0.2) is 0 Å². The Morgan fingerprint density at radius 3 is 2.94 bits per heavy atom. The molecule has 0 aromatic heterocycles. The molecule has 2 unspecified atom stereocenters. The van der Waals surface area contributed by atoms with Crippen molar-refractivity contribution in [2.75, 3.05) is 19.6 Å². The molecule has 18 heavy (non-hydrogen) atoms. The highest BCUT2D eigenvalue weighted by Crippen LogP contribution is 2.15. The minimum Gasteiger partial charge on any atom is -0.391 e. The third-order valence-electron chi connectivity index (χ3n) is 3.00. The second-order valence-electron chi connectivity index (χ2n) is 4.32. The minimum atomic E-state index is -0.648. The molecule has 1 saturated heterocycles. The number of nitrogens with one attached hydrogen (secondary N) is 2. The molecule has 1 aromatic rings. The van der Waals surface area contributed by atoms with Gasteiger partial charge in [0.1, 0.15) is 5.82 Å². The van der Waals surface area contributed by atoms with Gasteiger partial charge in [0.05, 0.1) is 11.7 Å². The van der Waals surface area contributed by atoms with E-state index in [0.29, 0.717) is 19.6 Å². The van der Waals surface area contributed by atoms with E-state index in [1.54, 1.807) is 0 Å². The fourth-order valence-electron chi connectivity index (χ4n) is 1.92. The summed E-state index contributed by atoms with van der Waals surface area (Å²) in [6.45, 7) is 1.48. The number of β-amino-alcohol motifs (C(OH)–C–C–N with tert-alkyl or cyclic N) is 1. The number of rotatable bonds is 3. The molecule has 0 aliphatic carbocycles. The molecule has 1 fully saturated rings. The Hall–Kier alpha value is -1.17. The van der Waals surface area contributed by atoms with Crippen molar-refractivity contribution in [2.45, 2.75) is 6.10 Å². The number of amides is 1. The summed E-state index contributed by atoms with van der Waals surface area (Å²) in [6.07, 6.45) is -0.472. The first-order valence-electron chi connectivity index (χ1n) is 5.70. The zero-order chi connectivity index (χ0) is 13.1. The number of aliphatic hydroxyl groups is 1. The van der Waals surface area contributed by atoms with Crippen LogP contribution in [0, 0.1) is 11.7 Å². The molecular weight excluding hydrogens is 259 g/mol. The van der Waals surface area contributed by atoms with Crippen LogP contribution in [0.15, 0.2) is 18.2 Å². The van der Waals surface area contributed by atoms with Gasteiger partial charge in [-0.3, -0.25) is 4.79 Å². The molecule has 0 bridgehead atoms. The Kier molecular flexibility index (Phi) is 4.16. The molecule has 1 aliphatic rings. The number of carbonyl (C=O) groups is 1. The minimum absolute atomic E-state index is 0.0377. The van der Waals surface area contributed by atoms with E-state index in [0.717, 1.165) is 6.07 Å². The molecule has 0 spiro atoms. The Morgan fingerprint density at radius 1 is 1.56 bits per heavy atom. The standard InChI is InChI=1S/C12H14ClFN2O2/c13-8-1-2-9(10(14)3-8)12(18)16-5-7-4-15-6-11(7)17/h1-3,7,11,15,17H,4-6H2,(H,16,18). The molecule has 98 valence electrons. The van der Waals surface area contributed by atoms with E-state index in [2.05, 4.69) is 10.6 Å². The van der Waals surface area contributed by atoms with E-state index in [1.165, 1.54) is 12.1 Å². The van der Waals surface area contributed by atoms with Gasteiger partial charge in [-0.05, 0) is 18.2 Å². The van der Waals surface area contributed by atoms with E-state index >= 15 is 0 Å². The molecule has 2 rings (SSSR count). The van der Waals surface area contributed by atoms with E-state index in [1.807, 2.05) is 0 Å². The second-order valence-corrected chi connectivity index (χ2v) is 4.76. The summed E-state index contributed by atoms with van der Waals surface area (Å²) in [5.41, 5.74) is -0.0418. The fourth-order valence-corrected chi connectivity index (χ4v) is 2.08. The number of aliphatic hydroxyl groups excluding tert-OH is 1. The van der Waals surface area contributed by atoms with Crippen LogP contribution in [0.3, 0.4) is 0 Å². The zero-order valence-corrected chi connectivity index (χ0v) is 10.4. The normalized spacial score (nSPS) is 23.1. The summed E-state index contributed by atoms with van der Waals surface area (Å²) in [7, 11) is 0. The molecule has 3 N–H and O–H groups in total. The maximum Gasteiger partial charge on any atom is 0.254 e. The van der Waals surface area contributed by atoms with Gasteiger partial charge in [-0.15, -0.1) is 0 Å². The number of halogens is 2. The van der Waals surface area contributed by atoms with Crippen LogP contribution in [0.2, 0.25) is 5.02 Å². The third-order valence-corrected chi connectivity index (χ3v) is 3.24. The van der Waals surface area contributed by atoms with Gasteiger partial charge >= 0.3 is 0 Å². The molecule has 1 aromatic carbocycles. The quantitative estimate of drug-likeness (QED) is 0.762. The number of carbonyl (C=O) groups excluding carboxylic acids is 1. The topological polar surface area (TPSA) is 61.4 Å². The average molecular weight is 273 g/mol. The van der Waals surface area contributed by atoms with Crippen LogP contribution in [0.25, 0.3) is 0 Å². The van der Waals surface area contributed by atoms with Crippen LogP contribution >= 0.6 is 11.6 Å². The van der Waals surface area contributed by atoms with Crippen LogP contribution in [0.1, 0.15) is 10.4 Å². The van der Waals surface area contributed by atoms with Crippen LogP contribution in [-0.4, -0.2) is 36.8 Å². The predicted octanol–water partition coefficient (Wildman–Crippen LogP) is 0.789. The lowest BCUT2D eigenvalue weighted by atomic mass is 10.1. The van der Waals surface area contributed by atoms with Crippen LogP contribution in [0.5, 0.6) is 0 Å². The van der Waals surface area contributed by atoms with Crippen molar-refractivity contribution >= 4 is 17.5 Å². The number of hydrogen-bond donors (Lipinski definition) is 3. The largest absolute Gasteiger partial charge is 0.391 e. The molecule has 6 heteroatoms. The van der Waals surface area contributed by atoms with Crippen LogP contribution in [0.4, 0.5) is 4.39 Å². The monoisotopic (exact) mass is 272 g/mol. The highest BCUT2D eigenvalue weighted by atomic mass is 35.5. The number of hydrogen-bond acceptors (Lipinski definition) is 3. The molecule has 1 amide bonds. The highest BCUT2D eigenvalue weighted by molar-refractivity contribution is 6.30. The van der Waals surface area contributed by atoms with Crippen molar-refractivity contribution in [3.8, 4) is 0 Å². The maximum absolute atomic E-state index is 13.5. The molecule has 0 radical (unpaired) electrons. The van der Waals surface area contributed by atoms with Gasteiger partial charge in [-0.2, -0.15) is 0 Å². The van der Waals surface area contributed by atoms with Crippen molar-refractivity contribution < 1.29 is 14.3 Å². The van der Waals surface area contributed by atoms with E-state index < -0.39 is 17.8 Å². The van der Waals surface area contributed by atoms with Gasteiger partial charge in [-0.1, -0.05) is 11.6 Å². The second kappa shape index (κ2) is 5.65. The van der Waals surface area contributed by atoms with Gasteiger partial charge in [-0.25, -0.2) is 4.39 Å². The molecule has 1 heterocycles. The first-order chi connectivity index (χ1) is 8.58. The van der Waals surface area contributed by atoms with Gasteiger partial charge in [0, 0.05) is 30.6 Å². The zero-order valence-electron chi connectivity index (χ0n) is 9.62. The molecule has 1 aliphatic heterocycles. The third kappa shape index (κ3) is 2.98. The van der Waals surface area contributed by atoms with Crippen molar-refractivity contribution in [1.29, 1.82) is 0 Å².